The minimum absolute atomic E-state index is 0.0864. The van der Waals surface area contributed by atoms with Gasteiger partial charge in [-0.1, -0.05) is 6.92 Å². The molecule has 20 heavy (non-hydrogen) atoms. The van der Waals surface area contributed by atoms with Gasteiger partial charge in [0.15, 0.2) is 6.10 Å². The SMILES string of the molecule is CCN1CCCC1CN(C)C(=O)[C@@H]1CC[C@H](C(=O)O)O1. The lowest BCUT2D eigenvalue weighted by Crippen LogP contribution is -2.44. The topological polar surface area (TPSA) is 70.1 Å². The van der Waals surface area contributed by atoms with Gasteiger partial charge in [0.25, 0.3) is 5.91 Å². The molecular weight excluding hydrogens is 260 g/mol. The van der Waals surface area contributed by atoms with E-state index >= 15 is 0 Å². The normalized spacial score (nSPS) is 30.6. The second kappa shape index (κ2) is 6.54. The van der Waals surface area contributed by atoms with E-state index in [-0.39, 0.29) is 5.91 Å². The van der Waals surface area contributed by atoms with Crippen LogP contribution >= 0.6 is 0 Å². The standard InChI is InChI=1S/C14H24N2O4/c1-3-16-8-4-5-10(16)9-15(2)13(17)11-6-7-12(20-11)14(18)19/h10-12H,3-9H2,1-2H3,(H,18,19)/t10?,11-,12+/m0/s1. The number of carboxylic acid groups (broad SMARTS) is 1. The molecule has 1 amide bonds. The van der Waals surface area contributed by atoms with Crippen LogP contribution in [0.1, 0.15) is 32.6 Å². The summed E-state index contributed by atoms with van der Waals surface area (Å²) in [6.45, 7) is 4.94. The molecule has 3 atom stereocenters. The van der Waals surface area contributed by atoms with Crippen LogP contribution < -0.4 is 0 Å². The van der Waals surface area contributed by atoms with Gasteiger partial charge in [0, 0.05) is 19.6 Å². The molecule has 2 fully saturated rings. The summed E-state index contributed by atoms with van der Waals surface area (Å²) >= 11 is 0. The summed E-state index contributed by atoms with van der Waals surface area (Å²) in [7, 11) is 1.78. The van der Waals surface area contributed by atoms with E-state index in [0.29, 0.717) is 25.4 Å². The number of carbonyl (C=O) groups excluding carboxylic acids is 1. The van der Waals surface area contributed by atoms with Gasteiger partial charge in [-0.25, -0.2) is 4.79 Å². The molecule has 114 valence electrons. The van der Waals surface area contributed by atoms with E-state index in [4.69, 9.17) is 9.84 Å². The molecular formula is C14H24N2O4. The molecule has 0 aromatic rings. The van der Waals surface area contributed by atoms with Crippen LogP contribution in [0, 0.1) is 0 Å². The number of carboxylic acids is 1. The van der Waals surface area contributed by atoms with Crippen LogP contribution in [0.15, 0.2) is 0 Å². The van der Waals surface area contributed by atoms with Crippen LogP contribution in [-0.2, 0) is 14.3 Å². The molecule has 0 aliphatic carbocycles. The number of carbonyl (C=O) groups is 2. The van der Waals surface area contributed by atoms with Crippen molar-refractivity contribution in [2.24, 2.45) is 0 Å². The zero-order valence-electron chi connectivity index (χ0n) is 12.2. The summed E-state index contributed by atoms with van der Waals surface area (Å²) in [5.41, 5.74) is 0. The van der Waals surface area contributed by atoms with Crippen molar-refractivity contribution in [2.45, 2.75) is 50.9 Å². The summed E-state index contributed by atoms with van der Waals surface area (Å²) in [5.74, 6) is -1.06. The molecule has 2 aliphatic rings. The number of aliphatic carboxylic acids is 1. The fourth-order valence-corrected chi connectivity index (χ4v) is 3.17. The van der Waals surface area contributed by atoms with Gasteiger partial charge in [0.1, 0.15) is 6.10 Å². The Balaban J connectivity index is 1.85. The number of likely N-dealkylation sites (N-methyl/N-ethyl adjacent to an activating group) is 2. The fourth-order valence-electron chi connectivity index (χ4n) is 3.17. The molecule has 2 rings (SSSR count). The average Bonchev–Trinajstić information content (AvgIpc) is 3.06. The molecule has 0 saturated carbocycles. The van der Waals surface area contributed by atoms with E-state index in [1.165, 1.54) is 6.42 Å². The summed E-state index contributed by atoms with van der Waals surface area (Å²) in [6, 6.07) is 0.422. The first-order chi connectivity index (χ1) is 9.52. The van der Waals surface area contributed by atoms with Crippen LogP contribution in [0.5, 0.6) is 0 Å². The highest BCUT2D eigenvalue weighted by molar-refractivity contribution is 5.82. The Labute approximate surface area is 119 Å². The van der Waals surface area contributed by atoms with E-state index in [0.717, 1.165) is 19.5 Å². The first kappa shape index (κ1) is 15.3. The van der Waals surface area contributed by atoms with Crippen molar-refractivity contribution in [3.05, 3.63) is 0 Å². The van der Waals surface area contributed by atoms with Gasteiger partial charge in [-0.3, -0.25) is 9.69 Å². The zero-order valence-corrected chi connectivity index (χ0v) is 12.2. The highest BCUT2D eigenvalue weighted by atomic mass is 16.5. The number of amides is 1. The highest BCUT2D eigenvalue weighted by Gasteiger charge is 2.37. The summed E-state index contributed by atoms with van der Waals surface area (Å²) in [6.07, 6.45) is 1.82. The Kier molecular flexibility index (Phi) is 4.99. The number of nitrogens with zero attached hydrogens (tertiary/aromatic N) is 2. The van der Waals surface area contributed by atoms with Gasteiger partial charge in [0.2, 0.25) is 0 Å². The largest absolute Gasteiger partial charge is 0.479 e. The van der Waals surface area contributed by atoms with Gasteiger partial charge >= 0.3 is 5.97 Å². The van der Waals surface area contributed by atoms with Crippen LogP contribution in [0.2, 0.25) is 0 Å². The van der Waals surface area contributed by atoms with Crippen LogP contribution in [-0.4, -0.2) is 71.7 Å². The molecule has 2 saturated heterocycles. The number of ether oxygens (including phenoxy) is 1. The predicted octanol–water partition coefficient (Wildman–Crippen LogP) is 0.561. The quantitative estimate of drug-likeness (QED) is 0.799. The van der Waals surface area contributed by atoms with E-state index < -0.39 is 18.2 Å². The predicted molar refractivity (Wildman–Crippen MR) is 73.4 cm³/mol. The van der Waals surface area contributed by atoms with Gasteiger partial charge in [-0.15, -0.1) is 0 Å². The van der Waals surface area contributed by atoms with Crippen molar-refractivity contribution in [3.8, 4) is 0 Å². The number of hydrogen-bond donors (Lipinski definition) is 1. The third-order valence-electron chi connectivity index (χ3n) is 4.34. The van der Waals surface area contributed by atoms with Crippen LogP contribution in [0.3, 0.4) is 0 Å². The molecule has 0 radical (unpaired) electrons. The van der Waals surface area contributed by atoms with Gasteiger partial charge in [0.05, 0.1) is 0 Å². The second-order valence-corrected chi connectivity index (χ2v) is 5.67. The minimum atomic E-state index is -0.976. The third-order valence-corrected chi connectivity index (χ3v) is 4.34. The second-order valence-electron chi connectivity index (χ2n) is 5.67. The van der Waals surface area contributed by atoms with Crippen LogP contribution in [0.25, 0.3) is 0 Å². The first-order valence-electron chi connectivity index (χ1n) is 7.40. The van der Waals surface area contributed by atoms with Crippen molar-refractivity contribution in [2.75, 3.05) is 26.7 Å². The molecule has 0 bridgehead atoms. The molecule has 1 N–H and O–H groups in total. The molecule has 2 heterocycles. The summed E-state index contributed by atoms with van der Waals surface area (Å²) in [5, 5.41) is 8.89. The van der Waals surface area contributed by atoms with E-state index in [1.807, 2.05) is 0 Å². The molecule has 2 aliphatic heterocycles. The summed E-state index contributed by atoms with van der Waals surface area (Å²) < 4.78 is 5.32. The van der Waals surface area contributed by atoms with Crippen molar-refractivity contribution in [1.82, 2.24) is 9.80 Å². The molecule has 0 spiro atoms. The first-order valence-corrected chi connectivity index (χ1v) is 7.40. The molecule has 0 aromatic carbocycles. The van der Waals surface area contributed by atoms with E-state index in [9.17, 15) is 9.59 Å². The van der Waals surface area contributed by atoms with Crippen molar-refractivity contribution in [1.29, 1.82) is 0 Å². The maximum absolute atomic E-state index is 12.3. The molecule has 6 heteroatoms. The highest BCUT2D eigenvalue weighted by Crippen LogP contribution is 2.23. The van der Waals surface area contributed by atoms with Crippen molar-refractivity contribution in [3.63, 3.8) is 0 Å². The third kappa shape index (κ3) is 3.30. The molecule has 0 aromatic heterocycles. The zero-order chi connectivity index (χ0) is 14.7. The maximum atomic E-state index is 12.3. The Morgan fingerprint density at radius 2 is 2.00 bits per heavy atom. The molecule has 6 nitrogen and oxygen atoms in total. The minimum Gasteiger partial charge on any atom is -0.479 e. The van der Waals surface area contributed by atoms with E-state index in [2.05, 4.69) is 11.8 Å². The monoisotopic (exact) mass is 284 g/mol. The van der Waals surface area contributed by atoms with Gasteiger partial charge < -0.3 is 14.7 Å². The van der Waals surface area contributed by atoms with Gasteiger partial charge in [-0.2, -0.15) is 0 Å². The van der Waals surface area contributed by atoms with Gasteiger partial charge in [-0.05, 0) is 38.8 Å². The Morgan fingerprint density at radius 3 is 2.60 bits per heavy atom. The van der Waals surface area contributed by atoms with E-state index in [1.54, 1.807) is 11.9 Å². The number of likely N-dealkylation sites (tertiary alicyclic amines) is 1. The fraction of sp³-hybridized carbons (Fsp3) is 0.857. The molecule has 1 unspecified atom stereocenters. The smallest absolute Gasteiger partial charge is 0.332 e. The Bertz CT molecular complexity index is 374. The lowest BCUT2D eigenvalue weighted by molar-refractivity contribution is -0.154. The lowest BCUT2D eigenvalue weighted by Gasteiger charge is -2.29. The number of hydrogen-bond acceptors (Lipinski definition) is 4. The Morgan fingerprint density at radius 1 is 1.30 bits per heavy atom. The van der Waals surface area contributed by atoms with Crippen LogP contribution in [0.4, 0.5) is 0 Å². The van der Waals surface area contributed by atoms with Crippen molar-refractivity contribution >= 4 is 11.9 Å². The lowest BCUT2D eigenvalue weighted by atomic mass is 10.1. The Hall–Kier alpha value is -1.14. The average molecular weight is 284 g/mol. The summed E-state index contributed by atoms with van der Waals surface area (Å²) in [4.78, 5) is 27.2. The maximum Gasteiger partial charge on any atom is 0.332 e. The number of rotatable bonds is 5. The van der Waals surface area contributed by atoms with Crippen molar-refractivity contribution < 1.29 is 19.4 Å².